The highest BCUT2D eigenvalue weighted by atomic mass is 16.5. The molecule has 3 N–H and O–H groups in total. The van der Waals surface area contributed by atoms with E-state index in [2.05, 4.69) is 22.1 Å². The molecule has 1 heterocycles. The van der Waals surface area contributed by atoms with Gasteiger partial charge in [-0.1, -0.05) is 37.3 Å². The van der Waals surface area contributed by atoms with Crippen LogP contribution in [0, 0.1) is 0 Å². The smallest absolute Gasteiger partial charge is 0.343 e. The first-order valence-corrected chi connectivity index (χ1v) is 8.86. The van der Waals surface area contributed by atoms with Crippen LogP contribution in [0.3, 0.4) is 0 Å². The molecule has 0 spiro atoms. The van der Waals surface area contributed by atoms with Gasteiger partial charge in [0.15, 0.2) is 0 Å². The molecule has 7 nitrogen and oxygen atoms in total. The van der Waals surface area contributed by atoms with E-state index in [1.165, 1.54) is 23.6 Å². The fraction of sp³-hybridized carbons (Fsp3) is 0.190. The van der Waals surface area contributed by atoms with Crippen LogP contribution in [0.25, 0.3) is 5.69 Å². The van der Waals surface area contributed by atoms with E-state index in [0.29, 0.717) is 17.8 Å². The van der Waals surface area contributed by atoms with Gasteiger partial charge in [-0.25, -0.2) is 9.48 Å². The van der Waals surface area contributed by atoms with Crippen molar-refractivity contribution in [3.05, 3.63) is 77.5 Å². The predicted octanol–water partition coefficient (Wildman–Crippen LogP) is 2.77. The molecule has 0 radical (unpaired) electrons. The third-order valence-corrected chi connectivity index (χ3v) is 4.52. The van der Waals surface area contributed by atoms with Gasteiger partial charge in [0, 0.05) is 12.1 Å². The van der Waals surface area contributed by atoms with E-state index in [9.17, 15) is 9.59 Å². The summed E-state index contributed by atoms with van der Waals surface area (Å²) in [6, 6.07) is 16.9. The Morgan fingerprint density at radius 1 is 1.14 bits per heavy atom. The summed E-state index contributed by atoms with van der Waals surface area (Å²) in [6.45, 7) is 2.61. The number of nitrogen functional groups attached to an aromatic ring is 1. The predicted molar refractivity (Wildman–Crippen MR) is 107 cm³/mol. The number of esters is 1. The third kappa shape index (κ3) is 4.03. The molecule has 2 aromatic carbocycles. The molecular formula is C21H22N4O3. The molecule has 0 aliphatic carbocycles. The van der Waals surface area contributed by atoms with Crippen molar-refractivity contribution in [1.29, 1.82) is 0 Å². The summed E-state index contributed by atoms with van der Waals surface area (Å²) in [5, 5.41) is 7.06. The SMILES string of the molecule is COC(=O)c1cnn(-c2ccc(C(=O)NCC(C)c3ccccc3)cc2)c1N. The van der Waals surface area contributed by atoms with Crippen LogP contribution in [0.5, 0.6) is 0 Å². The fourth-order valence-electron chi connectivity index (χ4n) is 2.83. The zero-order chi connectivity index (χ0) is 20.1. The lowest BCUT2D eigenvalue weighted by Crippen LogP contribution is -2.27. The van der Waals surface area contributed by atoms with Crippen molar-refractivity contribution < 1.29 is 14.3 Å². The number of carbonyl (C=O) groups is 2. The number of nitrogens with zero attached hydrogens (tertiary/aromatic N) is 2. The Balaban J connectivity index is 1.66. The number of amides is 1. The zero-order valence-corrected chi connectivity index (χ0v) is 15.8. The molecule has 144 valence electrons. The van der Waals surface area contributed by atoms with E-state index in [0.717, 1.165) is 0 Å². The van der Waals surface area contributed by atoms with Crippen molar-refractivity contribution in [1.82, 2.24) is 15.1 Å². The second-order valence-corrected chi connectivity index (χ2v) is 6.42. The summed E-state index contributed by atoms with van der Waals surface area (Å²) in [4.78, 5) is 24.1. The highest BCUT2D eigenvalue weighted by Gasteiger charge is 2.17. The van der Waals surface area contributed by atoms with Gasteiger partial charge < -0.3 is 15.8 Å². The van der Waals surface area contributed by atoms with Crippen molar-refractivity contribution >= 4 is 17.7 Å². The number of hydrogen-bond donors (Lipinski definition) is 2. The molecule has 0 aliphatic heterocycles. The summed E-state index contributed by atoms with van der Waals surface area (Å²) in [7, 11) is 1.28. The van der Waals surface area contributed by atoms with Gasteiger partial charge in [0.25, 0.3) is 5.91 Å². The molecule has 0 bridgehead atoms. The van der Waals surface area contributed by atoms with Crippen LogP contribution in [-0.2, 0) is 4.74 Å². The molecule has 1 atom stereocenters. The van der Waals surface area contributed by atoms with Crippen LogP contribution in [-0.4, -0.2) is 35.3 Å². The van der Waals surface area contributed by atoms with Gasteiger partial charge in [0.1, 0.15) is 11.4 Å². The molecular weight excluding hydrogens is 356 g/mol. The van der Waals surface area contributed by atoms with Gasteiger partial charge >= 0.3 is 5.97 Å². The van der Waals surface area contributed by atoms with E-state index in [-0.39, 0.29) is 23.2 Å². The van der Waals surface area contributed by atoms with Gasteiger partial charge in [-0.2, -0.15) is 5.10 Å². The van der Waals surface area contributed by atoms with Crippen molar-refractivity contribution in [2.75, 3.05) is 19.4 Å². The lowest BCUT2D eigenvalue weighted by atomic mass is 10.0. The van der Waals surface area contributed by atoms with E-state index in [4.69, 9.17) is 5.73 Å². The number of ether oxygens (including phenoxy) is 1. The van der Waals surface area contributed by atoms with E-state index >= 15 is 0 Å². The Bertz CT molecular complexity index is 965. The van der Waals surface area contributed by atoms with Gasteiger partial charge in [-0.05, 0) is 35.7 Å². The summed E-state index contributed by atoms with van der Waals surface area (Å²) in [5.41, 5.74) is 8.51. The molecule has 0 saturated carbocycles. The molecule has 3 rings (SSSR count). The number of anilines is 1. The minimum Gasteiger partial charge on any atom is -0.465 e. The summed E-state index contributed by atoms with van der Waals surface area (Å²) in [5.74, 6) is -0.309. The Labute approximate surface area is 163 Å². The number of methoxy groups -OCH3 is 1. The van der Waals surface area contributed by atoms with Crippen LogP contribution in [0.4, 0.5) is 5.82 Å². The molecule has 0 fully saturated rings. The molecule has 0 saturated heterocycles. The largest absolute Gasteiger partial charge is 0.465 e. The number of aromatic nitrogens is 2. The van der Waals surface area contributed by atoms with Crippen molar-refractivity contribution in [3.63, 3.8) is 0 Å². The normalized spacial score (nSPS) is 11.6. The van der Waals surface area contributed by atoms with E-state index in [1.807, 2.05) is 30.3 Å². The Morgan fingerprint density at radius 2 is 1.82 bits per heavy atom. The second kappa shape index (κ2) is 8.39. The Morgan fingerprint density at radius 3 is 2.46 bits per heavy atom. The van der Waals surface area contributed by atoms with E-state index in [1.54, 1.807) is 24.3 Å². The minimum absolute atomic E-state index is 0.155. The first-order valence-electron chi connectivity index (χ1n) is 8.86. The van der Waals surface area contributed by atoms with Gasteiger partial charge in [-0.15, -0.1) is 0 Å². The van der Waals surface area contributed by atoms with Crippen molar-refractivity contribution in [2.45, 2.75) is 12.8 Å². The van der Waals surface area contributed by atoms with Crippen LogP contribution in [0.15, 0.2) is 60.8 Å². The highest BCUT2D eigenvalue weighted by Crippen LogP contribution is 2.18. The lowest BCUT2D eigenvalue weighted by molar-refractivity contribution is 0.0601. The van der Waals surface area contributed by atoms with Gasteiger partial charge in [0.2, 0.25) is 0 Å². The summed E-state index contributed by atoms with van der Waals surface area (Å²) >= 11 is 0. The van der Waals surface area contributed by atoms with Crippen molar-refractivity contribution in [3.8, 4) is 5.69 Å². The number of nitrogens with one attached hydrogen (secondary N) is 1. The Hall–Kier alpha value is -3.61. The quantitative estimate of drug-likeness (QED) is 0.643. The molecule has 1 amide bonds. The standard InChI is InChI=1S/C21H22N4O3/c1-14(15-6-4-3-5-7-15)12-23-20(26)16-8-10-17(11-9-16)25-19(22)18(13-24-25)21(27)28-2/h3-11,13-14H,12,22H2,1-2H3,(H,23,26). The highest BCUT2D eigenvalue weighted by molar-refractivity contribution is 5.95. The monoisotopic (exact) mass is 378 g/mol. The maximum atomic E-state index is 12.4. The fourth-order valence-corrected chi connectivity index (χ4v) is 2.83. The second-order valence-electron chi connectivity index (χ2n) is 6.42. The molecule has 0 aliphatic rings. The minimum atomic E-state index is -0.549. The number of rotatable bonds is 6. The average Bonchev–Trinajstić information content (AvgIpc) is 3.13. The average molecular weight is 378 g/mol. The zero-order valence-electron chi connectivity index (χ0n) is 15.8. The third-order valence-electron chi connectivity index (χ3n) is 4.52. The number of nitrogens with two attached hydrogens (primary N) is 1. The maximum Gasteiger partial charge on any atom is 0.343 e. The summed E-state index contributed by atoms with van der Waals surface area (Å²) < 4.78 is 6.09. The molecule has 1 aromatic heterocycles. The number of carbonyl (C=O) groups excluding carboxylic acids is 2. The topological polar surface area (TPSA) is 99.2 Å². The number of benzene rings is 2. The van der Waals surface area contributed by atoms with Crippen LogP contribution in [0.2, 0.25) is 0 Å². The van der Waals surface area contributed by atoms with Crippen LogP contribution < -0.4 is 11.1 Å². The van der Waals surface area contributed by atoms with Crippen molar-refractivity contribution in [2.24, 2.45) is 0 Å². The molecule has 1 unspecified atom stereocenters. The Kier molecular flexibility index (Phi) is 5.74. The molecule has 3 aromatic rings. The maximum absolute atomic E-state index is 12.4. The first kappa shape index (κ1) is 19.2. The number of hydrogen-bond acceptors (Lipinski definition) is 5. The van der Waals surface area contributed by atoms with E-state index < -0.39 is 5.97 Å². The lowest BCUT2D eigenvalue weighted by Gasteiger charge is -2.13. The van der Waals surface area contributed by atoms with Crippen LogP contribution in [0.1, 0.15) is 39.1 Å². The van der Waals surface area contributed by atoms with Gasteiger partial charge in [0.05, 0.1) is 19.0 Å². The molecule has 7 heteroatoms. The summed E-state index contributed by atoms with van der Waals surface area (Å²) in [6.07, 6.45) is 1.35. The first-order chi connectivity index (χ1) is 13.5. The molecule has 28 heavy (non-hydrogen) atoms. The van der Waals surface area contributed by atoms with Crippen LogP contribution >= 0.6 is 0 Å². The van der Waals surface area contributed by atoms with Gasteiger partial charge in [-0.3, -0.25) is 4.79 Å².